The summed E-state index contributed by atoms with van der Waals surface area (Å²) >= 11 is 0. The first-order chi connectivity index (χ1) is 14.5. The van der Waals surface area contributed by atoms with E-state index in [0.29, 0.717) is 59.5 Å². The summed E-state index contributed by atoms with van der Waals surface area (Å²) in [5.41, 5.74) is 3.52. The Kier molecular flexibility index (Phi) is 6.83. The predicted octanol–water partition coefficient (Wildman–Crippen LogP) is 3.15. The molecule has 168 valence electrons. The number of aromatic amines is 1. The van der Waals surface area contributed by atoms with Gasteiger partial charge >= 0.3 is 0 Å². The monoisotopic (exact) mass is 445 g/mol. The number of rotatable bonds is 7. The Balaban J connectivity index is 1.63. The molecule has 1 saturated heterocycles. The van der Waals surface area contributed by atoms with Crippen molar-refractivity contribution in [2.45, 2.75) is 45.4 Å². The molecule has 0 radical (unpaired) electrons. The Hall–Kier alpha value is -2.29. The minimum absolute atomic E-state index is 0.0643. The minimum Gasteiger partial charge on any atom is -0.355 e. The first-order valence-electron chi connectivity index (χ1n) is 10.6. The first kappa shape index (κ1) is 23.4. The number of piperazine rings is 1. The maximum absolute atomic E-state index is 13.0. The molecule has 0 aliphatic carbocycles. The van der Waals surface area contributed by atoms with Crippen molar-refractivity contribution in [1.29, 1.82) is 0 Å². The van der Waals surface area contributed by atoms with Gasteiger partial charge in [-0.25, -0.2) is 8.42 Å². The number of nitrogens with one attached hydrogen (secondary N) is 1. The van der Waals surface area contributed by atoms with E-state index in [-0.39, 0.29) is 18.1 Å². The zero-order valence-electron chi connectivity index (χ0n) is 18.9. The number of hydrogen-bond donors (Lipinski definition) is 1. The van der Waals surface area contributed by atoms with E-state index in [1.807, 2.05) is 17.0 Å². The van der Waals surface area contributed by atoms with Gasteiger partial charge in [-0.15, -0.1) is 0 Å². The van der Waals surface area contributed by atoms with Crippen LogP contribution in [0.4, 0.5) is 0 Å². The van der Waals surface area contributed by atoms with Gasteiger partial charge in [0.25, 0.3) is 0 Å². The molecule has 8 heteroatoms. The number of H-pyrrole nitrogens is 1. The van der Waals surface area contributed by atoms with E-state index in [1.165, 1.54) is 11.2 Å². The number of aromatic nitrogens is 1. The van der Waals surface area contributed by atoms with Gasteiger partial charge in [-0.3, -0.25) is 14.5 Å². The molecule has 0 saturated carbocycles. The van der Waals surface area contributed by atoms with E-state index in [1.54, 1.807) is 26.0 Å². The molecular weight excluding hydrogens is 414 g/mol. The number of carbonyl (C=O) groups excluding carboxylic acids is 2. The molecule has 1 aliphatic heterocycles. The van der Waals surface area contributed by atoms with Crippen molar-refractivity contribution in [3.05, 3.63) is 52.3 Å². The van der Waals surface area contributed by atoms with Crippen molar-refractivity contribution in [3.8, 4) is 0 Å². The molecule has 1 aromatic heterocycles. The molecule has 2 aromatic rings. The van der Waals surface area contributed by atoms with Crippen LogP contribution in [0.5, 0.6) is 0 Å². The van der Waals surface area contributed by atoms with E-state index in [9.17, 15) is 18.0 Å². The molecule has 0 unspecified atom stereocenters. The lowest BCUT2D eigenvalue weighted by Crippen LogP contribution is -2.49. The lowest BCUT2D eigenvalue weighted by atomic mass is 10.0. The van der Waals surface area contributed by atoms with Crippen molar-refractivity contribution in [3.63, 3.8) is 0 Å². The number of benzene rings is 1. The van der Waals surface area contributed by atoms with Gasteiger partial charge in [0, 0.05) is 37.4 Å². The molecular formula is C23H31N3O4S. The maximum atomic E-state index is 13.0. The number of ketones is 2. The summed E-state index contributed by atoms with van der Waals surface area (Å²) in [7, 11) is -3.55. The molecule has 1 fully saturated rings. The van der Waals surface area contributed by atoms with E-state index in [0.717, 1.165) is 5.56 Å². The fraction of sp³-hybridized carbons (Fsp3) is 0.478. The van der Waals surface area contributed by atoms with Crippen molar-refractivity contribution < 1.29 is 18.0 Å². The molecule has 0 bridgehead atoms. The molecule has 1 aromatic carbocycles. The highest BCUT2D eigenvalue weighted by Gasteiger charge is 2.30. The molecule has 0 amide bonds. The van der Waals surface area contributed by atoms with Gasteiger partial charge in [-0.1, -0.05) is 26.0 Å². The van der Waals surface area contributed by atoms with Crippen LogP contribution < -0.4 is 0 Å². The summed E-state index contributed by atoms with van der Waals surface area (Å²) in [5, 5.41) is 0. The zero-order chi connectivity index (χ0) is 22.9. The highest BCUT2D eigenvalue weighted by Crippen LogP contribution is 2.22. The third kappa shape index (κ3) is 4.81. The smallest absolute Gasteiger partial charge is 0.243 e. The van der Waals surface area contributed by atoms with Crippen LogP contribution in [0.15, 0.2) is 29.2 Å². The van der Waals surface area contributed by atoms with Crippen LogP contribution in [0, 0.1) is 13.8 Å². The summed E-state index contributed by atoms with van der Waals surface area (Å²) < 4.78 is 27.4. The Morgan fingerprint density at radius 1 is 1.03 bits per heavy atom. The fourth-order valence-corrected chi connectivity index (χ4v) is 5.56. The van der Waals surface area contributed by atoms with Crippen LogP contribution in [0.25, 0.3) is 0 Å². The molecule has 1 aliphatic rings. The van der Waals surface area contributed by atoms with E-state index in [4.69, 9.17) is 0 Å². The number of sulfonamides is 1. The lowest BCUT2D eigenvalue weighted by Gasteiger charge is -2.33. The predicted molar refractivity (Wildman–Crippen MR) is 120 cm³/mol. The quantitative estimate of drug-likeness (QED) is 0.661. The topological polar surface area (TPSA) is 90.6 Å². The van der Waals surface area contributed by atoms with E-state index < -0.39 is 10.0 Å². The average Bonchev–Trinajstić information content (AvgIpc) is 3.02. The second-order valence-electron chi connectivity index (χ2n) is 8.51. The van der Waals surface area contributed by atoms with Gasteiger partial charge in [-0.05, 0) is 49.9 Å². The summed E-state index contributed by atoms with van der Waals surface area (Å²) in [6.45, 7) is 11.0. The molecule has 0 atom stereocenters. The number of Topliss-reactive ketones (excluding diaryl/α,β-unsaturated/α-hetero) is 2. The largest absolute Gasteiger partial charge is 0.355 e. The number of carbonyl (C=O) groups is 2. The lowest BCUT2D eigenvalue weighted by molar-refractivity contribution is 0.0896. The van der Waals surface area contributed by atoms with Crippen LogP contribution in [-0.4, -0.2) is 66.9 Å². The summed E-state index contributed by atoms with van der Waals surface area (Å²) in [4.78, 5) is 29.9. The van der Waals surface area contributed by atoms with Crippen LogP contribution in [-0.2, 0) is 10.0 Å². The normalized spacial score (nSPS) is 16.1. The second-order valence-corrected chi connectivity index (χ2v) is 10.4. The molecule has 0 spiro atoms. The first-order valence-corrected chi connectivity index (χ1v) is 12.0. The highest BCUT2D eigenvalue weighted by molar-refractivity contribution is 7.89. The van der Waals surface area contributed by atoms with Gasteiger partial charge in [0.2, 0.25) is 10.0 Å². The molecule has 3 rings (SSSR count). The third-order valence-corrected chi connectivity index (χ3v) is 7.86. The van der Waals surface area contributed by atoms with Gasteiger partial charge in [0.1, 0.15) is 0 Å². The Morgan fingerprint density at radius 2 is 1.61 bits per heavy atom. The SMILES string of the molecule is CC(=O)c1c(C)[nH]c(C(=O)CN2CCN(S(=O)(=O)c3ccc(C(C)C)cc3)CC2)c1C. The Labute approximate surface area is 184 Å². The van der Waals surface area contributed by atoms with E-state index >= 15 is 0 Å². The zero-order valence-corrected chi connectivity index (χ0v) is 19.7. The second kappa shape index (κ2) is 9.06. The van der Waals surface area contributed by atoms with Gasteiger partial charge in [-0.2, -0.15) is 4.31 Å². The van der Waals surface area contributed by atoms with Gasteiger partial charge in [0.05, 0.1) is 17.1 Å². The summed E-state index contributed by atoms with van der Waals surface area (Å²) in [6, 6.07) is 7.07. The maximum Gasteiger partial charge on any atom is 0.243 e. The van der Waals surface area contributed by atoms with E-state index in [2.05, 4.69) is 18.8 Å². The van der Waals surface area contributed by atoms with Crippen LogP contribution in [0.1, 0.15) is 64.4 Å². The van der Waals surface area contributed by atoms with Crippen LogP contribution in [0.3, 0.4) is 0 Å². The molecule has 2 heterocycles. The number of aryl methyl sites for hydroxylation is 1. The summed E-state index contributed by atoms with van der Waals surface area (Å²) in [6.07, 6.45) is 0. The highest BCUT2D eigenvalue weighted by atomic mass is 32.2. The van der Waals surface area contributed by atoms with Crippen molar-refractivity contribution >= 4 is 21.6 Å². The molecule has 7 nitrogen and oxygen atoms in total. The van der Waals surface area contributed by atoms with Crippen molar-refractivity contribution in [2.75, 3.05) is 32.7 Å². The van der Waals surface area contributed by atoms with Gasteiger partial charge in [0.15, 0.2) is 11.6 Å². The van der Waals surface area contributed by atoms with Crippen molar-refractivity contribution in [2.24, 2.45) is 0 Å². The Morgan fingerprint density at radius 3 is 2.10 bits per heavy atom. The minimum atomic E-state index is -3.55. The van der Waals surface area contributed by atoms with Crippen molar-refractivity contribution in [1.82, 2.24) is 14.2 Å². The average molecular weight is 446 g/mol. The van der Waals surface area contributed by atoms with Gasteiger partial charge < -0.3 is 4.98 Å². The number of nitrogens with zero attached hydrogens (tertiary/aromatic N) is 2. The summed E-state index contributed by atoms with van der Waals surface area (Å²) in [5.74, 6) is 0.190. The van der Waals surface area contributed by atoms with Crippen LogP contribution >= 0.6 is 0 Å². The third-order valence-electron chi connectivity index (χ3n) is 5.95. The number of hydrogen-bond acceptors (Lipinski definition) is 5. The van der Waals surface area contributed by atoms with Crippen LogP contribution in [0.2, 0.25) is 0 Å². The Bertz CT molecular complexity index is 1080. The molecule has 1 N–H and O–H groups in total. The standard InChI is InChI=1S/C23H31N3O4S/c1-15(2)19-6-8-20(9-7-19)31(29,30)26-12-10-25(11-13-26)14-21(28)23-16(3)22(18(5)27)17(4)24-23/h6-9,15,24H,10-14H2,1-5H3. The fourth-order valence-electron chi connectivity index (χ4n) is 4.14. The molecule has 31 heavy (non-hydrogen) atoms.